The van der Waals surface area contributed by atoms with E-state index in [1.165, 1.54) is 0 Å². The highest BCUT2D eigenvalue weighted by Gasteiger charge is 2.43. The van der Waals surface area contributed by atoms with Gasteiger partial charge in [-0.2, -0.15) is 13.2 Å². The highest BCUT2D eigenvalue weighted by molar-refractivity contribution is 6.17. The minimum Gasteiger partial charge on any atom is -0.356 e. The molecule has 0 radical (unpaired) electrons. The number of nitrogens with one attached hydrogen (secondary N) is 1. The molecule has 0 saturated heterocycles. The normalized spacial score (nSPS) is 24.2. The van der Waals surface area contributed by atoms with Crippen molar-refractivity contribution in [3.63, 3.8) is 0 Å². The van der Waals surface area contributed by atoms with Gasteiger partial charge >= 0.3 is 6.18 Å². The number of hydrogen-bond donors (Lipinski definition) is 1. The van der Waals surface area contributed by atoms with E-state index in [0.29, 0.717) is 25.3 Å². The molecule has 0 bridgehead atoms. The fraction of sp³-hybridized carbons (Fsp3) is 0.923. The number of rotatable bonds is 6. The predicted molar refractivity (Wildman–Crippen MR) is 69.1 cm³/mol. The number of carbonyl (C=O) groups is 1. The van der Waals surface area contributed by atoms with E-state index in [4.69, 9.17) is 11.6 Å². The second-order valence-electron chi connectivity index (χ2n) is 5.14. The summed E-state index contributed by atoms with van der Waals surface area (Å²) in [5, 5.41) is 2.73. The topological polar surface area (TPSA) is 29.1 Å². The van der Waals surface area contributed by atoms with Gasteiger partial charge in [-0.15, -0.1) is 11.6 Å². The van der Waals surface area contributed by atoms with Crippen LogP contribution in [0.4, 0.5) is 13.2 Å². The molecule has 0 aromatic rings. The van der Waals surface area contributed by atoms with Gasteiger partial charge in [-0.25, -0.2) is 0 Å². The first-order chi connectivity index (χ1) is 8.95. The predicted octanol–water partition coefficient (Wildman–Crippen LogP) is 3.88. The summed E-state index contributed by atoms with van der Waals surface area (Å²) < 4.78 is 37.9. The van der Waals surface area contributed by atoms with Gasteiger partial charge in [0.1, 0.15) is 0 Å². The number of amides is 1. The fourth-order valence-corrected chi connectivity index (χ4v) is 2.67. The summed E-state index contributed by atoms with van der Waals surface area (Å²) >= 11 is 5.53. The molecule has 19 heavy (non-hydrogen) atoms. The largest absolute Gasteiger partial charge is 0.391 e. The van der Waals surface area contributed by atoms with E-state index in [9.17, 15) is 18.0 Å². The van der Waals surface area contributed by atoms with Gasteiger partial charge in [-0.3, -0.25) is 4.79 Å². The molecule has 1 fully saturated rings. The molecule has 1 N–H and O–H groups in total. The molecule has 0 spiro atoms. The second-order valence-corrected chi connectivity index (χ2v) is 5.52. The molecule has 2 unspecified atom stereocenters. The zero-order valence-electron chi connectivity index (χ0n) is 10.9. The molecule has 0 aromatic heterocycles. The van der Waals surface area contributed by atoms with Gasteiger partial charge in [0.2, 0.25) is 5.91 Å². The number of halogens is 4. The van der Waals surface area contributed by atoms with Gasteiger partial charge in [0.05, 0.1) is 5.92 Å². The molecule has 112 valence electrons. The van der Waals surface area contributed by atoms with Crippen LogP contribution in [-0.2, 0) is 4.79 Å². The molecular formula is C13H21ClF3NO. The van der Waals surface area contributed by atoms with E-state index < -0.39 is 18.0 Å². The maximum atomic E-state index is 12.6. The number of hydrogen-bond acceptors (Lipinski definition) is 1. The first kappa shape index (κ1) is 16.6. The highest BCUT2D eigenvalue weighted by atomic mass is 35.5. The molecule has 0 heterocycles. The lowest BCUT2D eigenvalue weighted by molar-refractivity contribution is -0.186. The minimum absolute atomic E-state index is 0.0585. The Morgan fingerprint density at radius 2 is 1.95 bits per heavy atom. The molecule has 1 rings (SSSR count). The van der Waals surface area contributed by atoms with Crippen LogP contribution in [0.1, 0.15) is 44.9 Å². The third-order valence-corrected chi connectivity index (χ3v) is 3.88. The van der Waals surface area contributed by atoms with Crippen molar-refractivity contribution in [1.29, 1.82) is 0 Å². The van der Waals surface area contributed by atoms with Crippen molar-refractivity contribution in [2.24, 2.45) is 11.8 Å². The van der Waals surface area contributed by atoms with E-state index in [1.54, 1.807) is 0 Å². The molecule has 2 nitrogen and oxygen atoms in total. The number of carbonyl (C=O) groups excluding carboxylic acids is 1. The number of unbranched alkanes of at least 4 members (excludes halogenated alkanes) is 2. The first-order valence-electron chi connectivity index (χ1n) is 6.85. The van der Waals surface area contributed by atoms with Crippen molar-refractivity contribution in [3.05, 3.63) is 0 Å². The Hall–Kier alpha value is -0.450. The van der Waals surface area contributed by atoms with E-state index in [2.05, 4.69) is 5.32 Å². The zero-order chi connectivity index (χ0) is 14.3. The maximum absolute atomic E-state index is 12.6. The quantitative estimate of drug-likeness (QED) is 0.585. The lowest BCUT2D eigenvalue weighted by Crippen LogP contribution is -2.37. The van der Waals surface area contributed by atoms with Gasteiger partial charge in [0.25, 0.3) is 0 Å². The Kier molecular flexibility index (Phi) is 6.97. The third kappa shape index (κ3) is 6.02. The summed E-state index contributed by atoms with van der Waals surface area (Å²) in [5.41, 5.74) is 0. The van der Waals surface area contributed by atoms with Gasteiger partial charge in [0.15, 0.2) is 0 Å². The molecule has 1 aliphatic carbocycles. The molecule has 2 atom stereocenters. The third-order valence-electron chi connectivity index (χ3n) is 3.62. The van der Waals surface area contributed by atoms with Crippen LogP contribution in [0.15, 0.2) is 0 Å². The zero-order valence-corrected chi connectivity index (χ0v) is 11.7. The summed E-state index contributed by atoms with van der Waals surface area (Å²) in [6, 6.07) is 0. The molecule has 1 aliphatic rings. The summed E-state index contributed by atoms with van der Waals surface area (Å²) in [4.78, 5) is 11.8. The number of alkyl halides is 4. The summed E-state index contributed by atoms with van der Waals surface area (Å²) in [5.74, 6) is -1.41. The lowest BCUT2D eigenvalue weighted by Gasteiger charge is -2.29. The SMILES string of the molecule is O=C(NCCCCCCl)C1CCCC(C(F)(F)F)C1. The molecule has 0 aromatic carbocycles. The van der Waals surface area contributed by atoms with Crippen LogP contribution in [0.25, 0.3) is 0 Å². The summed E-state index contributed by atoms with van der Waals surface area (Å²) in [7, 11) is 0. The van der Waals surface area contributed by atoms with Gasteiger partial charge in [-0.05, 0) is 32.1 Å². The van der Waals surface area contributed by atoms with Crippen LogP contribution in [0, 0.1) is 11.8 Å². The van der Waals surface area contributed by atoms with Gasteiger partial charge < -0.3 is 5.32 Å². The van der Waals surface area contributed by atoms with Crippen LogP contribution < -0.4 is 5.32 Å². The van der Waals surface area contributed by atoms with Crippen molar-refractivity contribution in [1.82, 2.24) is 5.32 Å². The van der Waals surface area contributed by atoms with Crippen molar-refractivity contribution in [2.75, 3.05) is 12.4 Å². The smallest absolute Gasteiger partial charge is 0.356 e. The first-order valence-corrected chi connectivity index (χ1v) is 7.39. The molecule has 1 saturated carbocycles. The van der Waals surface area contributed by atoms with Crippen LogP contribution in [-0.4, -0.2) is 24.5 Å². The molecule has 0 aliphatic heterocycles. The Bertz CT molecular complexity index is 284. The van der Waals surface area contributed by atoms with Crippen LogP contribution in [0.2, 0.25) is 0 Å². The summed E-state index contributed by atoms with van der Waals surface area (Å²) in [6.07, 6.45) is -0.363. The van der Waals surface area contributed by atoms with E-state index in [-0.39, 0.29) is 18.7 Å². The second kappa shape index (κ2) is 7.98. The average molecular weight is 300 g/mol. The van der Waals surface area contributed by atoms with Gasteiger partial charge in [0, 0.05) is 18.3 Å². The van der Waals surface area contributed by atoms with Gasteiger partial charge in [-0.1, -0.05) is 12.8 Å². The Labute approximate surface area is 117 Å². The Morgan fingerprint density at radius 3 is 2.58 bits per heavy atom. The fourth-order valence-electron chi connectivity index (χ4n) is 2.48. The van der Waals surface area contributed by atoms with Crippen LogP contribution >= 0.6 is 11.6 Å². The molecule has 1 amide bonds. The Balaban J connectivity index is 2.28. The van der Waals surface area contributed by atoms with Crippen molar-refractivity contribution >= 4 is 17.5 Å². The summed E-state index contributed by atoms with van der Waals surface area (Å²) in [6.45, 7) is 0.531. The maximum Gasteiger partial charge on any atom is 0.391 e. The van der Waals surface area contributed by atoms with Crippen LogP contribution in [0.3, 0.4) is 0 Å². The van der Waals surface area contributed by atoms with Crippen molar-refractivity contribution < 1.29 is 18.0 Å². The lowest BCUT2D eigenvalue weighted by atomic mass is 9.80. The Morgan fingerprint density at radius 1 is 1.21 bits per heavy atom. The minimum atomic E-state index is -4.17. The van der Waals surface area contributed by atoms with Crippen LogP contribution in [0.5, 0.6) is 0 Å². The standard InChI is InChI=1S/C13H21ClF3NO/c14-7-2-1-3-8-18-12(19)10-5-4-6-11(9-10)13(15,16)17/h10-11H,1-9H2,(H,18,19). The average Bonchev–Trinajstić information content (AvgIpc) is 2.37. The molecule has 6 heteroatoms. The van der Waals surface area contributed by atoms with Crippen molar-refractivity contribution in [3.8, 4) is 0 Å². The van der Waals surface area contributed by atoms with Crippen molar-refractivity contribution in [2.45, 2.75) is 51.1 Å². The van der Waals surface area contributed by atoms with E-state index in [1.807, 2.05) is 0 Å². The molecular weight excluding hydrogens is 279 g/mol. The van der Waals surface area contributed by atoms with E-state index >= 15 is 0 Å². The monoisotopic (exact) mass is 299 g/mol. The highest BCUT2D eigenvalue weighted by Crippen LogP contribution is 2.39. The van der Waals surface area contributed by atoms with E-state index in [0.717, 1.165) is 19.3 Å².